The van der Waals surface area contributed by atoms with Crippen LogP contribution < -0.4 is 0 Å². The molecule has 2 nitrogen and oxygen atoms in total. The molecule has 0 saturated carbocycles. The molecule has 0 bridgehead atoms. The van der Waals surface area contributed by atoms with Crippen LogP contribution in [0.1, 0.15) is 0 Å². The summed E-state index contributed by atoms with van der Waals surface area (Å²) in [4.78, 5) is 7.36. The van der Waals surface area contributed by atoms with Gasteiger partial charge in [0.2, 0.25) is 0 Å². The normalized spacial score (nSPS) is 10.5. The van der Waals surface area contributed by atoms with Gasteiger partial charge >= 0.3 is 0 Å². The van der Waals surface area contributed by atoms with Crippen molar-refractivity contribution >= 4 is 27.5 Å². The van der Waals surface area contributed by atoms with Crippen LogP contribution in [-0.4, -0.2) is 9.97 Å². The topological polar surface area (TPSA) is 25.8 Å². The first-order valence-electron chi connectivity index (χ1n) is 4.20. The van der Waals surface area contributed by atoms with Crippen LogP contribution in [0.2, 0.25) is 5.15 Å². The number of rotatable bonds is 1. The molecule has 0 N–H and O–H groups in total. The maximum Gasteiger partial charge on any atom is 0.148 e. The van der Waals surface area contributed by atoms with Gasteiger partial charge in [-0.15, -0.1) is 0 Å². The lowest BCUT2D eigenvalue weighted by atomic mass is 10.1. The highest BCUT2D eigenvalue weighted by Gasteiger charge is 2.17. The summed E-state index contributed by atoms with van der Waals surface area (Å²) in [6.45, 7) is 0. The Morgan fingerprint density at radius 1 is 1.25 bits per heavy atom. The van der Waals surface area contributed by atoms with E-state index in [0.717, 1.165) is 6.07 Å². The lowest BCUT2D eigenvalue weighted by Gasteiger charge is -2.06. The van der Waals surface area contributed by atoms with Gasteiger partial charge in [-0.25, -0.2) is 18.7 Å². The molecule has 0 fully saturated rings. The van der Waals surface area contributed by atoms with Crippen molar-refractivity contribution < 1.29 is 8.78 Å². The van der Waals surface area contributed by atoms with Crippen LogP contribution in [0.15, 0.2) is 29.1 Å². The fourth-order valence-corrected chi connectivity index (χ4v) is 1.77. The van der Waals surface area contributed by atoms with E-state index in [1.54, 1.807) is 0 Å². The van der Waals surface area contributed by atoms with E-state index in [2.05, 4.69) is 25.9 Å². The van der Waals surface area contributed by atoms with Crippen molar-refractivity contribution in [1.29, 1.82) is 0 Å². The second-order valence-corrected chi connectivity index (χ2v) is 4.16. The van der Waals surface area contributed by atoms with Gasteiger partial charge in [0.05, 0.1) is 10.0 Å². The summed E-state index contributed by atoms with van der Waals surface area (Å²) in [6, 6.07) is 2.43. The van der Waals surface area contributed by atoms with Gasteiger partial charge < -0.3 is 0 Å². The van der Waals surface area contributed by atoms with Gasteiger partial charge in [-0.1, -0.05) is 11.6 Å². The van der Waals surface area contributed by atoms with Crippen molar-refractivity contribution in [2.75, 3.05) is 0 Å². The molecule has 0 spiro atoms. The van der Waals surface area contributed by atoms with E-state index < -0.39 is 11.6 Å². The smallest absolute Gasteiger partial charge is 0.148 e. The summed E-state index contributed by atoms with van der Waals surface area (Å²) in [6.07, 6.45) is 2.48. The van der Waals surface area contributed by atoms with Gasteiger partial charge in [0.25, 0.3) is 0 Å². The first-order chi connectivity index (χ1) is 7.61. The van der Waals surface area contributed by atoms with Crippen molar-refractivity contribution in [3.8, 4) is 11.1 Å². The Bertz CT molecular complexity index is 548. The molecule has 1 aromatic carbocycles. The van der Waals surface area contributed by atoms with Crippen molar-refractivity contribution in [1.82, 2.24) is 9.97 Å². The summed E-state index contributed by atoms with van der Waals surface area (Å²) in [5.74, 6) is -1.44. The molecule has 1 aromatic heterocycles. The lowest BCUT2D eigenvalue weighted by Crippen LogP contribution is -1.94. The molecule has 0 unspecified atom stereocenters. The van der Waals surface area contributed by atoms with Crippen LogP contribution in [-0.2, 0) is 0 Å². The highest BCUT2D eigenvalue weighted by atomic mass is 79.9. The van der Waals surface area contributed by atoms with Crippen LogP contribution in [0.25, 0.3) is 11.1 Å². The molecule has 0 aliphatic carbocycles. The Morgan fingerprint density at radius 3 is 2.69 bits per heavy atom. The second kappa shape index (κ2) is 4.43. The number of benzene rings is 1. The lowest BCUT2D eigenvalue weighted by molar-refractivity contribution is 0.585. The Hall–Kier alpha value is -1.07. The Labute approximate surface area is 103 Å². The third kappa shape index (κ3) is 1.92. The molecular formula is C10H4BrClF2N2. The van der Waals surface area contributed by atoms with Crippen LogP contribution >= 0.6 is 27.5 Å². The SMILES string of the molecule is Fc1ccc(Br)c(F)c1-c1cncnc1Cl. The number of aromatic nitrogens is 2. The van der Waals surface area contributed by atoms with Gasteiger partial charge in [0.1, 0.15) is 23.1 Å². The molecule has 0 saturated heterocycles. The Morgan fingerprint density at radius 2 is 2.00 bits per heavy atom. The third-order valence-electron chi connectivity index (χ3n) is 1.98. The molecule has 0 aliphatic rings. The summed E-state index contributed by atoms with van der Waals surface area (Å²) >= 11 is 8.73. The number of halogens is 4. The van der Waals surface area contributed by atoms with Gasteiger partial charge in [0, 0.05) is 11.8 Å². The molecule has 0 atom stereocenters. The molecule has 0 radical (unpaired) electrons. The van der Waals surface area contributed by atoms with E-state index in [0.29, 0.717) is 0 Å². The zero-order valence-corrected chi connectivity index (χ0v) is 10.1. The highest BCUT2D eigenvalue weighted by molar-refractivity contribution is 9.10. The van der Waals surface area contributed by atoms with E-state index >= 15 is 0 Å². The molecular weight excluding hydrogens is 301 g/mol. The molecule has 6 heteroatoms. The predicted octanol–water partition coefficient (Wildman–Crippen LogP) is 3.84. The molecule has 1 heterocycles. The quantitative estimate of drug-likeness (QED) is 0.591. The largest absolute Gasteiger partial charge is 0.244 e. The van der Waals surface area contributed by atoms with Crippen molar-refractivity contribution in [2.45, 2.75) is 0 Å². The van der Waals surface area contributed by atoms with Gasteiger partial charge in [-0.05, 0) is 28.1 Å². The second-order valence-electron chi connectivity index (χ2n) is 2.95. The minimum absolute atomic E-state index is 0.00546. The molecule has 0 amide bonds. The fraction of sp³-hybridized carbons (Fsp3) is 0. The summed E-state index contributed by atoms with van der Waals surface area (Å²) in [5.41, 5.74) is -0.111. The Balaban J connectivity index is 2.74. The van der Waals surface area contributed by atoms with Gasteiger partial charge in [0.15, 0.2) is 0 Å². The summed E-state index contributed by atoms with van der Waals surface area (Å²) in [7, 11) is 0. The Kier molecular flexibility index (Phi) is 3.16. The third-order valence-corrected chi connectivity index (χ3v) is 2.89. The minimum atomic E-state index is -0.725. The number of hydrogen-bond donors (Lipinski definition) is 0. The predicted molar refractivity (Wildman–Crippen MR) is 60.1 cm³/mol. The maximum atomic E-state index is 13.7. The van der Waals surface area contributed by atoms with E-state index in [-0.39, 0.29) is 20.8 Å². The van der Waals surface area contributed by atoms with Crippen LogP contribution in [0.5, 0.6) is 0 Å². The zero-order valence-electron chi connectivity index (χ0n) is 7.72. The number of hydrogen-bond acceptors (Lipinski definition) is 2. The fourth-order valence-electron chi connectivity index (χ4n) is 1.26. The van der Waals surface area contributed by atoms with Gasteiger partial charge in [-0.2, -0.15) is 0 Å². The maximum absolute atomic E-state index is 13.7. The minimum Gasteiger partial charge on any atom is -0.244 e. The van der Waals surface area contributed by atoms with Crippen molar-refractivity contribution in [2.24, 2.45) is 0 Å². The molecule has 0 aliphatic heterocycles. The molecule has 16 heavy (non-hydrogen) atoms. The van der Waals surface area contributed by atoms with E-state index in [9.17, 15) is 8.78 Å². The van der Waals surface area contributed by atoms with Crippen LogP contribution in [0, 0.1) is 11.6 Å². The molecule has 2 aromatic rings. The highest BCUT2D eigenvalue weighted by Crippen LogP contribution is 2.33. The molecule has 82 valence electrons. The van der Waals surface area contributed by atoms with E-state index in [4.69, 9.17) is 11.6 Å². The average molecular weight is 306 g/mol. The van der Waals surface area contributed by atoms with E-state index in [1.165, 1.54) is 18.6 Å². The van der Waals surface area contributed by atoms with Crippen LogP contribution in [0.3, 0.4) is 0 Å². The van der Waals surface area contributed by atoms with E-state index in [1.807, 2.05) is 0 Å². The van der Waals surface area contributed by atoms with Gasteiger partial charge in [-0.3, -0.25) is 0 Å². The first kappa shape index (κ1) is 11.4. The van der Waals surface area contributed by atoms with Crippen molar-refractivity contribution in [3.63, 3.8) is 0 Å². The van der Waals surface area contributed by atoms with Crippen LogP contribution in [0.4, 0.5) is 8.78 Å². The monoisotopic (exact) mass is 304 g/mol. The van der Waals surface area contributed by atoms with Crippen molar-refractivity contribution in [3.05, 3.63) is 45.9 Å². The molecule has 2 rings (SSSR count). The first-order valence-corrected chi connectivity index (χ1v) is 5.37. The number of nitrogens with zero attached hydrogens (tertiary/aromatic N) is 2. The summed E-state index contributed by atoms with van der Waals surface area (Å²) in [5, 5.41) is 0.00546. The standard InChI is InChI=1S/C10H4BrClF2N2/c11-6-1-2-7(13)8(9(6)14)5-3-15-4-16-10(5)12/h1-4H. The zero-order chi connectivity index (χ0) is 11.7. The summed E-state index contributed by atoms with van der Waals surface area (Å²) < 4.78 is 27.4. The average Bonchev–Trinajstić information content (AvgIpc) is 2.27.